The van der Waals surface area contributed by atoms with Crippen LogP contribution in [0.2, 0.25) is 0 Å². The van der Waals surface area contributed by atoms with Gasteiger partial charge in [0.25, 0.3) is 0 Å². The summed E-state index contributed by atoms with van der Waals surface area (Å²) in [5.74, 6) is 0. The number of fused-ring (bicyclic) bond motifs is 1. The van der Waals surface area contributed by atoms with E-state index in [-0.39, 0.29) is 0 Å². The third kappa shape index (κ3) is 2.24. The van der Waals surface area contributed by atoms with Crippen molar-refractivity contribution in [2.75, 3.05) is 19.6 Å². The van der Waals surface area contributed by atoms with Crippen molar-refractivity contribution in [1.29, 1.82) is 0 Å². The summed E-state index contributed by atoms with van der Waals surface area (Å²) in [5, 5.41) is 3.49. The molecule has 1 aromatic rings. The number of likely N-dealkylation sites (N-methyl/N-ethyl adjacent to an activating group) is 1. The molecule has 1 fully saturated rings. The molecule has 1 heterocycles. The van der Waals surface area contributed by atoms with Gasteiger partial charge in [0.05, 0.1) is 0 Å². The third-order valence-electron chi connectivity index (χ3n) is 4.42. The molecule has 98 valence electrons. The molecule has 0 amide bonds. The highest BCUT2D eigenvalue weighted by Gasteiger charge is 2.32. The second kappa shape index (κ2) is 5.32. The smallest absolute Gasteiger partial charge is 0.0357 e. The standard InChI is InChI=1S/C15H21BrN2/c1-2-18(13-7-8-17-10-13)15-6-3-11-9-12(16)4-5-14(11)15/h4-5,9,13,15,17H,2-3,6-8,10H2,1H3. The number of hydrogen-bond donors (Lipinski definition) is 1. The predicted molar refractivity (Wildman–Crippen MR) is 78.9 cm³/mol. The van der Waals surface area contributed by atoms with Gasteiger partial charge in [0.2, 0.25) is 0 Å². The van der Waals surface area contributed by atoms with Gasteiger partial charge in [0.15, 0.2) is 0 Å². The third-order valence-corrected chi connectivity index (χ3v) is 4.91. The summed E-state index contributed by atoms with van der Waals surface area (Å²) in [5.41, 5.74) is 3.10. The van der Waals surface area contributed by atoms with Crippen LogP contribution < -0.4 is 5.32 Å². The Morgan fingerprint density at radius 2 is 2.28 bits per heavy atom. The fraction of sp³-hybridized carbons (Fsp3) is 0.600. The van der Waals surface area contributed by atoms with E-state index in [4.69, 9.17) is 0 Å². The maximum absolute atomic E-state index is 3.58. The quantitative estimate of drug-likeness (QED) is 0.923. The number of aryl methyl sites for hydroxylation is 1. The van der Waals surface area contributed by atoms with Crippen LogP contribution in [-0.2, 0) is 6.42 Å². The van der Waals surface area contributed by atoms with Gasteiger partial charge in [-0.3, -0.25) is 4.90 Å². The van der Waals surface area contributed by atoms with Crippen molar-refractivity contribution in [1.82, 2.24) is 10.2 Å². The maximum atomic E-state index is 3.58. The van der Waals surface area contributed by atoms with Crippen molar-refractivity contribution < 1.29 is 0 Å². The first-order valence-electron chi connectivity index (χ1n) is 7.04. The molecule has 1 N–H and O–H groups in total. The number of hydrogen-bond acceptors (Lipinski definition) is 2. The molecule has 1 aliphatic heterocycles. The van der Waals surface area contributed by atoms with Gasteiger partial charge in [-0.25, -0.2) is 0 Å². The van der Waals surface area contributed by atoms with Crippen LogP contribution in [0.15, 0.2) is 22.7 Å². The van der Waals surface area contributed by atoms with Gasteiger partial charge >= 0.3 is 0 Å². The number of benzene rings is 1. The summed E-state index contributed by atoms with van der Waals surface area (Å²) in [6.45, 7) is 5.80. The normalized spacial score (nSPS) is 26.8. The van der Waals surface area contributed by atoms with E-state index < -0.39 is 0 Å². The fourth-order valence-corrected chi connectivity index (χ4v) is 3.97. The molecular weight excluding hydrogens is 288 g/mol. The van der Waals surface area contributed by atoms with Crippen molar-refractivity contribution >= 4 is 15.9 Å². The molecule has 0 aromatic heterocycles. The average Bonchev–Trinajstić information content (AvgIpc) is 3.00. The molecule has 0 radical (unpaired) electrons. The Balaban J connectivity index is 1.85. The number of rotatable bonds is 3. The Morgan fingerprint density at radius 3 is 3.00 bits per heavy atom. The predicted octanol–water partition coefficient (Wildman–Crippen LogP) is 3.12. The Morgan fingerprint density at radius 1 is 1.39 bits per heavy atom. The van der Waals surface area contributed by atoms with E-state index in [0.29, 0.717) is 6.04 Å². The monoisotopic (exact) mass is 308 g/mol. The summed E-state index contributed by atoms with van der Waals surface area (Å²) in [7, 11) is 0. The lowest BCUT2D eigenvalue weighted by Gasteiger charge is -2.33. The van der Waals surface area contributed by atoms with E-state index in [1.165, 1.54) is 30.3 Å². The van der Waals surface area contributed by atoms with Crippen molar-refractivity contribution in [2.45, 2.75) is 38.3 Å². The summed E-state index contributed by atoms with van der Waals surface area (Å²) in [4.78, 5) is 2.71. The van der Waals surface area contributed by atoms with Crippen LogP contribution in [0.1, 0.15) is 36.9 Å². The van der Waals surface area contributed by atoms with Crippen LogP contribution in [0.25, 0.3) is 0 Å². The molecule has 1 saturated heterocycles. The Kier molecular flexibility index (Phi) is 3.73. The Hall–Kier alpha value is -0.380. The van der Waals surface area contributed by atoms with Crippen LogP contribution in [0.5, 0.6) is 0 Å². The van der Waals surface area contributed by atoms with Crippen LogP contribution >= 0.6 is 15.9 Å². The van der Waals surface area contributed by atoms with Crippen LogP contribution in [0.4, 0.5) is 0 Å². The van der Waals surface area contributed by atoms with E-state index in [1.54, 1.807) is 11.1 Å². The lowest BCUT2D eigenvalue weighted by atomic mass is 10.0. The molecule has 3 rings (SSSR count). The first-order chi connectivity index (χ1) is 8.79. The van der Waals surface area contributed by atoms with Crippen molar-refractivity contribution in [3.05, 3.63) is 33.8 Å². The van der Waals surface area contributed by atoms with Crippen molar-refractivity contribution in [3.8, 4) is 0 Å². The molecule has 0 spiro atoms. The lowest BCUT2D eigenvalue weighted by Crippen LogP contribution is -2.38. The van der Waals surface area contributed by atoms with E-state index >= 15 is 0 Å². The minimum Gasteiger partial charge on any atom is -0.315 e. The van der Waals surface area contributed by atoms with E-state index in [0.717, 1.165) is 19.1 Å². The molecule has 0 bridgehead atoms. The number of halogens is 1. The lowest BCUT2D eigenvalue weighted by molar-refractivity contribution is 0.151. The number of nitrogens with one attached hydrogen (secondary N) is 1. The highest BCUT2D eigenvalue weighted by atomic mass is 79.9. The fourth-order valence-electron chi connectivity index (χ4n) is 3.56. The molecular formula is C15H21BrN2. The van der Waals surface area contributed by atoms with Crippen molar-refractivity contribution in [3.63, 3.8) is 0 Å². The molecule has 2 unspecified atom stereocenters. The molecule has 2 atom stereocenters. The summed E-state index contributed by atoms with van der Waals surface area (Å²) >= 11 is 3.58. The highest BCUT2D eigenvalue weighted by molar-refractivity contribution is 9.10. The zero-order valence-electron chi connectivity index (χ0n) is 11.0. The molecule has 0 saturated carbocycles. The molecule has 1 aliphatic carbocycles. The van der Waals surface area contributed by atoms with Gasteiger partial charge in [0, 0.05) is 23.1 Å². The molecule has 3 heteroatoms. The summed E-state index contributed by atoms with van der Waals surface area (Å²) in [6, 6.07) is 8.19. The molecule has 2 nitrogen and oxygen atoms in total. The van der Waals surface area contributed by atoms with Crippen LogP contribution in [0.3, 0.4) is 0 Å². The van der Waals surface area contributed by atoms with Gasteiger partial charge in [-0.15, -0.1) is 0 Å². The minimum atomic E-state index is 0.642. The second-order valence-corrected chi connectivity index (χ2v) is 6.29. The Labute approximate surface area is 118 Å². The summed E-state index contributed by atoms with van der Waals surface area (Å²) in [6.07, 6.45) is 3.82. The zero-order valence-corrected chi connectivity index (χ0v) is 12.5. The SMILES string of the molecule is CCN(C1CCNC1)C1CCc2cc(Br)ccc21. The maximum Gasteiger partial charge on any atom is 0.0357 e. The first-order valence-corrected chi connectivity index (χ1v) is 7.83. The van der Waals surface area contributed by atoms with Crippen LogP contribution in [0, 0.1) is 0 Å². The molecule has 2 aliphatic rings. The zero-order chi connectivity index (χ0) is 12.5. The Bertz CT molecular complexity index is 427. The van der Waals surface area contributed by atoms with E-state index in [9.17, 15) is 0 Å². The van der Waals surface area contributed by atoms with Gasteiger partial charge in [-0.1, -0.05) is 28.9 Å². The summed E-state index contributed by atoms with van der Waals surface area (Å²) < 4.78 is 1.22. The largest absolute Gasteiger partial charge is 0.315 e. The van der Waals surface area contributed by atoms with E-state index in [1.807, 2.05) is 0 Å². The van der Waals surface area contributed by atoms with Crippen LogP contribution in [-0.4, -0.2) is 30.6 Å². The van der Waals surface area contributed by atoms with Gasteiger partial charge in [0.1, 0.15) is 0 Å². The minimum absolute atomic E-state index is 0.642. The van der Waals surface area contributed by atoms with Gasteiger partial charge in [-0.2, -0.15) is 0 Å². The van der Waals surface area contributed by atoms with Gasteiger partial charge in [-0.05, 0) is 55.6 Å². The van der Waals surface area contributed by atoms with Gasteiger partial charge < -0.3 is 5.32 Å². The average molecular weight is 309 g/mol. The first kappa shape index (κ1) is 12.6. The highest BCUT2D eigenvalue weighted by Crippen LogP contribution is 2.38. The van der Waals surface area contributed by atoms with Crippen molar-refractivity contribution in [2.24, 2.45) is 0 Å². The topological polar surface area (TPSA) is 15.3 Å². The van der Waals surface area contributed by atoms with E-state index in [2.05, 4.69) is 51.3 Å². The molecule has 1 aromatic carbocycles. The molecule has 18 heavy (non-hydrogen) atoms. The second-order valence-electron chi connectivity index (χ2n) is 5.37. The number of nitrogens with zero attached hydrogens (tertiary/aromatic N) is 1.